The van der Waals surface area contributed by atoms with Crippen LogP contribution in [0.5, 0.6) is 0 Å². The molecule has 0 aliphatic carbocycles. The zero-order chi connectivity index (χ0) is 17.8. The average molecular weight is 344 g/mol. The number of anilines is 3. The van der Waals surface area contributed by atoms with E-state index in [1.54, 1.807) is 6.07 Å². The van der Waals surface area contributed by atoms with Crippen LogP contribution in [0.25, 0.3) is 0 Å². The quantitative estimate of drug-likeness (QED) is 0.753. The summed E-state index contributed by atoms with van der Waals surface area (Å²) in [6.45, 7) is 0. The molecular formula is C17H11F3N4O. The SMILES string of the molecule is O=C(Nc1ccccc1F)c1cc(Nc2ccc(F)c(F)c2)ncn1. The lowest BCUT2D eigenvalue weighted by Gasteiger charge is -2.08. The van der Waals surface area contributed by atoms with Gasteiger partial charge in [0.05, 0.1) is 5.69 Å². The number of benzene rings is 2. The van der Waals surface area contributed by atoms with Crippen LogP contribution in [0.3, 0.4) is 0 Å². The highest BCUT2D eigenvalue weighted by atomic mass is 19.2. The molecule has 0 bridgehead atoms. The molecule has 2 N–H and O–H groups in total. The van der Waals surface area contributed by atoms with Crippen LogP contribution in [0.2, 0.25) is 0 Å². The number of rotatable bonds is 4. The lowest BCUT2D eigenvalue weighted by Crippen LogP contribution is -2.15. The Morgan fingerprint density at radius 2 is 1.68 bits per heavy atom. The van der Waals surface area contributed by atoms with Crippen LogP contribution >= 0.6 is 0 Å². The Hall–Kier alpha value is -3.42. The van der Waals surface area contributed by atoms with E-state index in [-0.39, 0.29) is 22.9 Å². The zero-order valence-electron chi connectivity index (χ0n) is 12.6. The minimum absolute atomic E-state index is 0.0150. The Morgan fingerprint density at radius 1 is 0.880 bits per heavy atom. The smallest absolute Gasteiger partial charge is 0.274 e. The standard InChI is InChI=1S/C17H11F3N4O/c18-11-6-5-10(7-13(11)20)23-16-8-15(21-9-22-16)17(25)24-14-4-2-1-3-12(14)19/h1-9H,(H,24,25)(H,21,22,23). The minimum Gasteiger partial charge on any atom is -0.340 e. The molecule has 0 atom stereocenters. The summed E-state index contributed by atoms with van der Waals surface area (Å²) in [6.07, 6.45) is 1.12. The Bertz CT molecular complexity index is 933. The molecule has 0 spiro atoms. The van der Waals surface area contributed by atoms with Crippen molar-refractivity contribution < 1.29 is 18.0 Å². The van der Waals surface area contributed by atoms with Crippen LogP contribution in [0.4, 0.5) is 30.4 Å². The largest absolute Gasteiger partial charge is 0.340 e. The van der Waals surface area contributed by atoms with E-state index in [2.05, 4.69) is 20.6 Å². The number of aromatic nitrogens is 2. The first-order valence-electron chi connectivity index (χ1n) is 7.13. The van der Waals surface area contributed by atoms with Gasteiger partial charge in [-0.2, -0.15) is 0 Å². The van der Waals surface area contributed by atoms with E-state index in [0.717, 1.165) is 18.5 Å². The number of para-hydroxylation sites is 1. The van der Waals surface area contributed by atoms with Gasteiger partial charge in [-0.05, 0) is 24.3 Å². The molecule has 1 aromatic heterocycles. The van der Waals surface area contributed by atoms with Gasteiger partial charge in [0.15, 0.2) is 11.6 Å². The summed E-state index contributed by atoms with van der Waals surface area (Å²) in [5.41, 5.74) is 0.239. The van der Waals surface area contributed by atoms with Crippen molar-refractivity contribution in [3.63, 3.8) is 0 Å². The molecule has 0 aliphatic heterocycles. The van der Waals surface area contributed by atoms with Crippen LogP contribution in [0.15, 0.2) is 54.9 Å². The molecule has 0 saturated heterocycles. The van der Waals surface area contributed by atoms with Gasteiger partial charge in [-0.15, -0.1) is 0 Å². The Kier molecular flexibility index (Phi) is 4.60. The Balaban J connectivity index is 1.77. The third kappa shape index (κ3) is 3.92. The highest BCUT2D eigenvalue weighted by Crippen LogP contribution is 2.18. The van der Waals surface area contributed by atoms with Crippen molar-refractivity contribution in [1.29, 1.82) is 0 Å². The highest BCUT2D eigenvalue weighted by Gasteiger charge is 2.12. The Labute approximate surface area is 140 Å². The van der Waals surface area contributed by atoms with Crippen molar-refractivity contribution in [2.45, 2.75) is 0 Å². The molecular weight excluding hydrogens is 333 g/mol. The number of carbonyl (C=O) groups is 1. The van der Waals surface area contributed by atoms with Crippen LogP contribution in [-0.4, -0.2) is 15.9 Å². The fraction of sp³-hybridized carbons (Fsp3) is 0. The van der Waals surface area contributed by atoms with Gasteiger partial charge in [-0.25, -0.2) is 23.1 Å². The monoisotopic (exact) mass is 344 g/mol. The summed E-state index contributed by atoms with van der Waals surface area (Å²) in [7, 11) is 0. The maximum atomic E-state index is 13.6. The van der Waals surface area contributed by atoms with Crippen molar-refractivity contribution >= 4 is 23.1 Å². The van der Waals surface area contributed by atoms with Gasteiger partial charge in [0.1, 0.15) is 23.7 Å². The molecule has 0 fully saturated rings. The van der Waals surface area contributed by atoms with E-state index < -0.39 is 23.4 Å². The van der Waals surface area contributed by atoms with Gasteiger partial charge < -0.3 is 10.6 Å². The molecule has 3 rings (SSSR count). The number of hydrogen-bond donors (Lipinski definition) is 2. The van der Waals surface area contributed by atoms with Crippen molar-refractivity contribution in [3.05, 3.63) is 78.0 Å². The fourth-order valence-electron chi connectivity index (χ4n) is 2.02. The summed E-state index contributed by atoms with van der Waals surface area (Å²) in [5, 5.41) is 5.12. The Morgan fingerprint density at radius 3 is 2.44 bits per heavy atom. The molecule has 25 heavy (non-hydrogen) atoms. The first-order chi connectivity index (χ1) is 12.0. The molecule has 1 amide bonds. The number of carbonyl (C=O) groups excluding carboxylic acids is 1. The number of amides is 1. The lowest BCUT2D eigenvalue weighted by molar-refractivity contribution is 0.102. The molecule has 2 aromatic carbocycles. The number of hydrogen-bond acceptors (Lipinski definition) is 4. The van der Waals surface area contributed by atoms with E-state index in [4.69, 9.17) is 0 Å². The van der Waals surface area contributed by atoms with Crippen LogP contribution < -0.4 is 10.6 Å². The predicted octanol–water partition coefficient (Wildman–Crippen LogP) is 3.89. The second kappa shape index (κ2) is 7.00. The second-order valence-corrected chi connectivity index (χ2v) is 4.98. The third-order valence-corrected chi connectivity index (χ3v) is 3.21. The minimum atomic E-state index is -1.02. The second-order valence-electron chi connectivity index (χ2n) is 4.98. The van der Waals surface area contributed by atoms with Crippen molar-refractivity contribution in [2.75, 3.05) is 10.6 Å². The number of nitrogens with zero attached hydrogens (tertiary/aromatic N) is 2. The molecule has 126 valence electrons. The topological polar surface area (TPSA) is 66.9 Å². The van der Waals surface area contributed by atoms with Gasteiger partial charge in [-0.3, -0.25) is 4.79 Å². The predicted molar refractivity (Wildman–Crippen MR) is 86.0 cm³/mol. The highest BCUT2D eigenvalue weighted by molar-refractivity contribution is 6.03. The lowest BCUT2D eigenvalue weighted by atomic mass is 10.2. The molecule has 1 heterocycles. The van der Waals surface area contributed by atoms with Gasteiger partial charge in [0.2, 0.25) is 0 Å². The fourth-order valence-corrected chi connectivity index (χ4v) is 2.02. The van der Waals surface area contributed by atoms with Crippen LogP contribution in [0.1, 0.15) is 10.5 Å². The van der Waals surface area contributed by atoms with Crippen LogP contribution in [0, 0.1) is 17.5 Å². The molecule has 3 aromatic rings. The summed E-state index contributed by atoms with van der Waals surface area (Å²) < 4.78 is 39.7. The molecule has 0 aliphatic rings. The van der Waals surface area contributed by atoms with E-state index in [9.17, 15) is 18.0 Å². The first kappa shape index (κ1) is 16.4. The molecule has 0 radical (unpaired) electrons. The van der Waals surface area contributed by atoms with E-state index in [1.165, 1.54) is 30.3 Å². The van der Waals surface area contributed by atoms with Gasteiger partial charge >= 0.3 is 0 Å². The van der Waals surface area contributed by atoms with E-state index in [1.807, 2.05) is 0 Å². The van der Waals surface area contributed by atoms with Crippen molar-refractivity contribution in [1.82, 2.24) is 9.97 Å². The normalized spacial score (nSPS) is 10.4. The molecule has 5 nitrogen and oxygen atoms in total. The summed E-state index contributed by atoms with van der Waals surface area (Å²) in [6, 6.07) is 10.2. The average Bonchev–Trinajstić information content (AvgIpc) is 2.60. The van der Waals surface area contributed by atoms with Gasteiger partial charge in [0, 0.05) is 17.8 Å². The molecule has 0 saturated carbocycles. The third-order valence-electron chi connectivity index (χ3n) is 3.21. The number of halogens is 3. The summed E-state index contributed by atoms with van der Waals surface area (Å²) in [4.78, 5) is 19.9. The maximum absolute atomic E-state index is 13.6. The zero-order valence-corrected chi connectivity index (χ0v) is 12.6. The van der Waals surface area contributed by atoms with E-state index >= 15 is 0 Å². The van der Waals surface area contributed by atoms with Gasteiger partial charge in [-0.1, -0.05) is 12.1 Å². The molecule has 8 heteroatoms. The summed E-state index contributed by atoms with van der Waals surface area (Å²) in [5.74, 6) is -3.01. The van der Waals surface area contributed by atoms with Crippen molar-refractivity contribution in [2.24, 2.45) is 0 Å². The molecule has 0 unspecified atom stereocenters. The van der Waals surface area contributed by atoms with Crippen LogP contribution in [-0.2, 0) is 0 Å². The maximum Gasteiger partial charge on any atom is 0.274 e. The van der Waals surface area contributed by atoms with Crippen molar-refractivity contribution in [3.8, 4) is 0 Å². The number of nitrogens with one attached hydrogen (secondary N) is 2. The van der Waals surface area contributed by atoms with E-state index in [0.29, 0.717) is 0 Å². The van der Waals surface area contributed by atoms with Gasteiger partial charge in [0.25, 0.3) is 5.91 Å². The summed E-state index contributed by atoms with van der Waals surface area (Å²) >= 11 is 0. The first-order valence-corrected chi connectivity index (χ1v) is 7.13.